The predicted octanol–water partition coefficient (Wildman–Crippen LogP) is 3.61. The quantitative estimate of drug-likeness (QED) is 0.771. The summed E-state index contributed by atoms with van der Waals surface area (Å²) in [4.78, 5) is 6.63. The van der Waals surface area contributed by atoms with Gasteiger partial charge in [0, 0.05) is 25.2 Å². The van der Waals surface area contributed by atoms with Gasteiger partial charge in [-0.15, -0.1) is 11.6 Å². The molecule has 0 aliphatic rings. The molecule has 0 saturated carbocycles. The Hall–Kier alpha value is -0.280. The van der Waals surface area contributed by atoms with Gasteiger partial charge in [-0.1, -0.05) is 0 Å². The minimum atomic E-state index is 0.694. The molecule has 0 bridgehead atoms. The van der Waals surface area contributed by atoms with Gasteiger partial charge in [0.2, 0.25) is 0 Å². The van der Waals surface area contributed by atoms with Gasteiger partial charge in [0.25, 0.3) is 0 Å². The van der Waals surface area contributed by atoms with Gasteiger partial charge in [0.15, 0.2) is 0 Å². The Labute approximate surface area is 105 Å². The first kappa shape index (κ1) is 12.8. The van der Waals surface area contributed by atoms with E-state index in [0.717, 1.165) is 29.8 Å². The van der Waals surface area contributed by atoms with Crippen LogP contribution >= 0.6 is 27.5 Å². The zero-order valence-electron chi connectivity index (χ0n) is 9.13. The van der Waals surface area contributed by atoms with Crippen molar-refractivity contribution in [3.05, 3.63) is 22.3 Å². The number of alkyl halides is 1. The lowest BCUT2D eigenvalue weighted by Gasteiger charge is -2.23. The van der Waals surface area contributed by atoms with Crippen LogP contribution in [0.4, 0.5) is 5.82 Å². The minimum Gasteiger partial charge on any atom is -0.356 e. The highest BCUT2D eigenvalue weighted by molar-refractivity contribution is 9.10. The molecule has 1 heterocycles. The molecular weight excluding hydrogens is 275 g/mol. The van der Waals surface area contributed by atoms with Crippen molar-refractivity contribution < 1.29 is 0 Å². The lowest BCUT2D eigenvalue weighted by molar-refractivity contribution is 0.778. The van der Waals surface area contributed by atoms with Crippen LogP contribution in [0.3, 0.4) is 0 Å². The molecule has 1 aromatic heterocycles. The molecule has 1 rings (SSSR count). The number of nitrogens with zero attached hydrogens (tertiary/aromatic N) is 2. The van der Waals surface area contributed by atoms with Crippen molar-refractivity contribution in [2.45, 2.75) is 20.3 Å². The number of halogens is 2. The van der Waals surface area contributed by atoms with Gasteiger partial charge in [0.1, 0.15) is 5.82 Å². The summed E-state index contributed by atoms with van der Waals surface area (Å²) in [6, 6.07) is 2.00. The maximum absolute atomic E-state index is 5.70. The van der Waals surface area contributed by atoms with E-state index in [1.165, 1.54) is 5.56 Å². The van der Waals surface area contributed by atoms with Crippen LogP contribution in [0.25, 0.3) is 0 Å². The van der Waals surface area contributed by atoms with Crippen molar-refractivity contribution in [1.29, 1.82) is 0 Å². The molecule has 15 heavy (non-hydrogen) atoms. The highest BCUT2D eigenvalue weighted by Crippen LogP contribution is 2.26. The molecule has 0 atom stereocenters. The number of anilines is 1. The van der Waals surface area contributed by atoms with Crippen LogP contribution in [-0.2, 0) is 0 Å². The highest BCUT2D eigenvalue weighted by Gasteiger charge is 2.10. The zero-order valence-corrected chi connectivity index (χ0v) is 11.5. The molecule has 0 aliphatic carbocycles. The van der Waals surface area contributed by atoms with E-state index in [0.29, 0.717) is 5.88 Å². The van der Waals surface area contributed by atoms with Crippen molar-refractivity contribution in [2.24, 2.45) is 0 Å². The molecule has 0 unspecified atom stereocenters. The van der Waals surface area contributed by atoms with Crippen LogP contribution in [0.5, 0.6) is 0 Å². The Kier molecular flexibility index (Phi) is 5.40. The van der Waals surface area contributed by atoms with E-state index < -0.39 is 0 Å². The standard InChI is InChI=1S/C11H16BrClN2/c1-3-15(8-4-6-13)11-10(12)9(2)5-7-14-11/h5,7H,3-4,6,8H2,1-2H3. The van der Waals surface area contributed by atoms with Crippen LogP contribution < -0.4 is 4.90 Å². The fraction of sp³-hybridized carbons (Fsp3) is 0.545. The smallest absolute Gasteiger partial charge is 0.143 e. The molecular formula is C11H16BrClN2. The molecule has 0 amide bonds. The number of rotatable bonds is 5. The molecule has 2 nitrogen and oxygen atoms in total. The Morgan fingerprint density at radius 1 is 1.53 bits per heavy atom. The maximum atomic E-state index is 5.70. The second-order valence-electron chi connectivity index (χ2n) is 3.39. The maximum Gasteiger partial charge on any atom is 0.143 e. The summed E-state index contributed by atoms with van der Waals surface area (Å²) >= 11 is 9.28. The van der Waals surface area contributed by atoms with Crippen LogP contribution in [0.1, 0.15) is 18.9 Å². The van der Waals surface area contributed by atoms with Crippen molar-refractivity contribution in [3.8, 4) is 0 Å². The summed E-state index contributed by atoms with van der Waals surface area (Å²) in [5.41, 5.74) is 1.21. The van der Waals surface area contributed by atoms with Gasteiger partial charge in [0.05, 0.1) is 4.47 Å². The van der Waals surface area contributed by atoms with Gasteiger partial charge in [-0.25, -0.2) is 4.98 Å². The third-order valence-electron chi connectivity index (χ3n) is 2.31. The molecule has 0 spiro atoms. The van der Waals surface area contributed by atoms with Crippen molar-refractivity contribution in [2.75, 3.05) is 23.9 Å². The van der Waals surface area contributed by atoms with Gasteiger partial charge < -0.3 is 4.90 Å². The Morgan fingerprint density at radius 2 is 2.27 bits per heavy atom. The van der Waals surface area contributed by atoms with Gasteiger partial charge in [-0.3, -0.25) is 0 Å². The number of pyridine rings is 1. The van der Waals surface area contributed by atoms with E-state index in [-0.39, 0.29) is 0 Å². The van der Waals surface area contributed by atoms with Crippen molar-refractivity contribution in [1.82, 2.24) is 4.98 Å². The van der Waals surface area contributed by atoms with Crippen LogP contribution in [-0.4, -0.2) is 24.0 Å². The number of hydrogen-bond donors (Lipinski definition) is 0. The predicted molar refractivity (Wildman–Crippen MR) is 69.9 cm³/mol. The largest absolute Gasteiger partial charge is 0.356 e. The van der Waals surface area contributed by atoms with Crippen LogP contribution in [0, 0.1) is 6.92 Å². The molecule has 0 radical (unpaired) electrons. The minimum absolute atomic E-state index is 0.694. The normalized spacial score (nSPS) is 10.4. The first-order chi connectivity index (χ1) is 7.20. The first-order valence-electron chi connectivity index (χ1n) is 5.12. The van der Waals surface area contributed by atoms with Gasteiger partial charge in [-0.2, -0.15) is 0 Å². The first-order valence-corrected chi connectivity index (χ1v) is 6.45. The third kappa shape index (κ3) is 3.35. The molecule has 1 aromatic rings. The number of aryl methyl sites for hydroxylation is 1. The molecule has 0 fully saturated rings. The average Bonchev–Trinajstić information content (AvgIpc) is 2.25. The molecule has 0 N–H and O–H groups in total. The Morgan fingerprint density at radius 3 is 2.87 bits per heavy atom. The number of aromatic nitrogens is 1. The van der Waals surface area contributed by atoms with E-state index in [4.69, 9.17) is 11.6 Å². The Bertz CT molecular complexity index is 317. The van der Waals surface area contributed by atoms with E-state index in [2.05, 4.69) is 39.7 Å². The SMILES string of the molecule is CCN(CCCCl)c1nccc(C)c1Br. The molecule has 0 aromatic carbocycles. The van der Waals surface area contributed by atoms with E-state index in [1.807, 2.05) is 12.3 Å². The van der Waals surface area contributed by atoms with E-state index in [9.17, 15) is 0 Å². The summed E-state index contributed by atoms with van der Waals surface area (Å²) in [5, 5.41) is 0. The molecule has 84 valence electrons. The fourth-order valence-electron chi connectivity index (χ4n) is 1.41. The third-order valence-corrected chi connectivity index (χ3v) is 3.55. The monoisotopic (exact) mass is 290 g/mol. The average molecular weight is 292 g/mol. The highest BCUT2D eigenvalue weighted by atomic mass is 79.9. The van der Waals surface area contributed by atoms with Crippen LogP contribution in [0.2, 0.25) is 0 Å². The topological polar surface area (TPSA) is 16.1 Å². The summed E-state index contributed by atoms with van der Waals surface area (Å²) < 4.78 is 1.08. The summed E-state index contributed by atoms with van der Waals surface area (Å²) in [7, 11) is 0. The second-order valence-corrected chi connectivity index (χ2v) is 4.56. The lowest BCUT2D eigenvalue weighted by Crippen LogP contribution is -2.25. The van der Waals surface area contributed by atoms with Crippen LogP contribution in [0.15, 0.2) is 16.7 Å². The number of hydrogen-bond acceptors (Lipinski definition) is 2. The van der Waals surface area contributed by atoms with Crippen molar-refractivity contribution in [3.63, 3.8) is 0 Å². The zero-order chi connectivity index (χ0) is 11.3. The molecule has 0 aliphatic heterocycles. The van der Waals surface area contributed by atoms with E-state index >= 15 is 0 Å². The second kappa shape index (κ2) is 6.33. The molecule has 0 saturated heterocycles. The molecule has 4 heteroatoms. The van der Waals surface area contributed by atoms with E-state index in [1.54, 1.807) is 0 Å². The summed E-state index contributed by atoms with van der Waals surface area (Å²) in [6.07, 6.45) is 2.83. The Balaban J connectivity index is 2.86. The summed E-state index contributed by atoms with van der Waals surface area (Å²) in [6.45, 7) is 6.11. The van der Waals surface area contributed by atoms with Gasteiger partial charge >= 0.3 is 0 Å². The lowest BCUT2D eigenvalue weighted by atomic mass is 10.3. The van der Waals surface area contributed by atoms with Gasteiger partial charge in [-0.05, 0) is 47.8 Å². The van der Waals surface area contributed by atoms with Crippen molar-refractivity contribution >= 4 is 33.3 Å². The fourth-order valence-corrected chi connectivity index (χ4v) is 2.02. The summed E-state index contributed by atoms with van der Waals surface area (Å²) in [5.74, 6) is 1.71.